The van der Waals surface area contributed by atoms with E-state index >= 15 is 0 Å². The number of rotatable bonds is 4. The van der Waals surface area contributed by atoms with Crippen molar-refractivity contribution in [3.05, 3.63) is 100 Å². The van der Waals surface area contributed by atoms with Gasteiger partial charge in [0.15, 0.2) is 0 Å². The Hall–Kier alpha value is -3.84. The van der Waals surface area contributed by atoms with Gasteiger partial charge in [-0.2, -0.15) is 5.26 Å². The van der Waals surface area contributed by atoms with Crippen LogP contribution >= 0.6 is 0 Å². The minimum absolute atomic E-state index is 0.262. The SMILES string of the molecule is N#Cc1ccccc1COc1ccc2c(-c3ccccc3)cc(=O)oc2c1. The summed E-state index contributed by atoms with van der Waals surface area (Å²) < 4.78 is 11.2. The number of hydrogen-bond donors (Lipinski definition) is 0. The first-order valence-corrected chi connectivity index (χ1v) is 8.49. The van der Waals surface area contributed by atoms with Crippen LogP contribution in [-0.2, 0) is 6.61 Å². The summed E-state index contributed by atoms with van der Waals surface area (Å²) in [4.78, 5) is 12.0. The van der Waals surface area contributed by atoms with E-state index in [2.05, 4.69) is 6.07 Å². The van der Waals surface area contributed by atoms with Gasteiger partial charge in [0.1, 0.15) is 17.9 Å². The summed E-state index contributed by atoms with van der Waals surface area (Å²) >= 11 is 0. The summed E-state index contributed by atoms with van der Waals surface area (Å²) in [6.07, 6.45) is 0. The maximum Gasteiger partial charge on any atom is 0.336 e. The number of benzene rings is 3. The summed E-state index contributed by atoms with van der Waals surface area (Å²) in [5.41, 5.74) is 3.21. The zero-order valence-corrected chi connectivity index (χ0v) is 14.4. The Kier molecular flexibility index (Phi) is 4.42. The first-order chi connectivity index (χ1) is 13.2. The van der Waals surface area contributed by atoms with E-state index in [-0.39, 0.29) is 6.61 Å². The lowest BCUT2D eigenvalue weighted by molar-refractivity contribution is 0.306. The second-order valence-corrected chi connectivity index (χ2v) is 6.06. The standard InChI is InChI=1S/C23H15NO3/c24-14-17-8-4-5-9-18(17)15-26-19-10-11-20-21(16-6-2-1-3-7-16)13-23(25)27-22(20)12-19/h1-13H,15H2. The van der Waals surface area contributed by atoms with Crippen LogP contribution in [0.3, 0.4) is 0 Å². The molecule has 3 aromatic carbocycles. The highest BCUT2D eigenvalue weighted by atomic mass is 16.5. The predicted molar refractivity (Wildman–Crippen MR) is 103 cm³/mol. The van der Waals surface area contributed by atoms with Gasteiger partial charge in [-0.25, -0.2) is 4.79 Å². The average Bonchev–Trinajstić information content (AvgIpc) is 2.72. The van der Waals surface area contributed by atoms with Gasteiger partial charge < -0.3 is 9.15 Å². The van der Waals surface area contributed by atoms with Crippen LogP contribution in [0.4, 0.5) is 0 Å². The van der Waals surface area contributed by atoms with E-state index in [0.29, 0.717) is 16.9 Å². The topological polar surface area (TPSA) is 63.2 Å². The third-order valence-electron chi connectivity index (χ3n) is 4.33. The Balaban J connectivity index is 1.69. The van der Waals surface area contributed by atoms with Crippen molar-refractivity contribution in [1.29, 1.82) is 5.26 Å². The lowest BCUT2D eigenvalue weighted by atomic mass is 10.0. The lowest BCUT2D eigenvalue weighted by Gasteiger charge is -2.10. The monoisotopic (exact) mass is 353 g/mol. The quantitative estimate of drug-likeness (QED) is 0.489. The van der Waals surface area contributed by atoms with Crippen LogP contribution in [0.2, 0.25) is 0 Å². The van der Waals surface area contributed by atoms with Crippen LogP contribution in [-0.4, -0.2) is 0 Å². The molecular weight excluding hydrogens is 338 g/mol. The maximum atomic E-state index is 12.0. The van der Waals surface area contributed by atoms with Crippen molar-refractivity contribution >= 4 is 11.0 Å². The highest BCUT2D eigenvalue weighted by Gasteiger charge is 2.09. The molecule has 0 aliphatic rings. The Morgan fingerprint density at radius 2 is 1.70 bits per heavy atom. The van der Waals surface area contributed by atoms with Crippen LogP contribution in [0.15, 0.2) is 88.1 Å². The van der Waals surface area contributed by atoms with Gasteiger partial charge in [0, 0.05) is 23.1 Å². The predicted octanol–water partition coefficient (Wildman–Crippen LogP) is 4.91. The molecule has 4 heteroatoms. The summed E-state index contributed by atoms with van der Waals surface area (Å²) in [6, 6.07) is 26.1. The van der Waals surface area contributed by atoms with E-state index < -0.39 is 5.63 Å². The van der Waals surface area contributed by atoms with Gasteiger partial charge in [-0.1, -0.05) is 48.5 Å². The minimum Gasteiger partial charge on any atom is -0.489 e. The van der Waals surface area contributed by atoms with Gasteiger partial charge in [0.2, 0.25) is 0 Å². The fraction of sp³-hybridized carbons (Fsp3) is 0.0435. The molecule has 0 unspecified atom stereocenters. The van der Waals surface area contributed by atoms with Gasteiger partial charge in [-0.05, 0) is 29.3 Å². The highest BCUT2D eigenvalue weighted by Crippen LogP contribution is 2.29. The Morgan fingerprint density at radius 3 is 2.52 bits per heavy atom. The molecule has 4 rings (SSSR count). The van der Waals surface area contributed by atoms with Crippen LogP contribution in [0.5, 0.6) is 5.75 Å². The molecule has 0 N–H and O–H groups in total. The molecule has 0 radical (unpaired) electrons. The molecule has 0 spiro atoms. The molecular formula is C23H15NO3. The third kappa shape index (κ3) is 3.44. The van der Waals surface area contributed by atoms with E-state index in [1.807, 2.05) is 60.7 Å². The fourth-order valence-electron chi connectivity index (χ4n) is 3.01. The van der Waals surface area contributed by atoms with Crippen molar-refractivity contribution in [2.24, 2.45) is 0 Å². The van der Waals surface area contributed by atoms with Crippen LogP contribution in [0.1, 0.15) is 11.1 Å². The fourth-order valence-corrected chi connectivity index (χ4v) is 3.01. The average molecular weight is 353 g/mol. The van der Waals surface area contributed by atoms with Gasteiger partial charge in [0.25, 0.3) is 0 Å². The van der Waals surface area contributed by atoms with Gasteiger partial charge in [0.05, 0.1) is 11.6 Å². The molecule has 0 amide bonds. The number of fused-ring (bicyclic) bond motifs is 1. The summed E-state index contributed by atoms with van der Waals surface area (Å²) in [6.45, 7) is 0.262. The second kappa shape index (κ2) is 7.19. The smallest absolute Gasteiger partial charge is 0.336 e. The Bertz CT molecular complexity index is 1200. The largest absolute Gasteiger partial charge is 0.489 e. The van der Waals surface area contributed by atoms with Crippen molar-refractivity contribution in [1.82, 2.24) is 0 Å². The second-order valence-electron chi connectivity index (χ2n) is 6.06. The molecule has 0 fully saturated rings. The van der Waals surface area contributed by atoms with E-state index in [0.717, 1.165) is 22.1 Å². The Labute approximate surface area is 155 Å². The van der Waals surface area contributed by atoms with Crippen molar-refractivity contribution < 1.29 is 9.15 Å². The summed E-state index contributed by atoms with van der Waals surface area (Å²) in [7, 11) is 0. The molecule has 4 aromatic rings. The summed E-state index contributed by atoms with van der Waals surface area (Å²) in [5, 5.41) is 10.0. The van der Waals surface area contributed by atoms with Gasteiger partial charge in [-0.15, -0.1) is 0 Å². The molecule has 4 nitrogen and oxygen atoms in total. The maximum absolute atomic E-state index is 12.0. The van der Waals surface area contributed by atoms with E-state index in [9.17, 15) is 10.1 Å². The van der Waals surface area contributed by atoms with E-state index in [1.165, 1.54) is 6.07 Å². The number of ether oxygens (including phenoxy) is 1. The van der Waals surface area contributed by atoms with E-state index in [1.54, 1.807) is 12.1 Å². The minimum atomic E-state index is -0.409. The first kappa shape index (κ1) is 16.6. The Morgan fingerprint density at radius 1 is 0.926 bits per heavy atom. The summed E-state index contributed by atoms with van der Waals surface area (Å²) in [5.74, 6) is 0.573. The molecule has 1 aromatic heterocycles. The first-order valence-electron chi connectivity index (χ1n) is 8.49. The molecule has 0 saturated heterocycles. The molecule has 0 saturated carbocycles. The van der Waals surface area contributed by atoms with Crippen LogP contribution in [0.25, 0.3) is 22.1 Å². The number of hydrogen-bond acceptors (Lipinski definition) is 4. The zero-order valence-electron chi connectivity index (χ0n) is 14.4. The van der Waals surface area contributed by atoms with Crippen molar-refractivity contribution in [2.75, 3.05) is 0 Å². The molecule has 0 aliphatic carbocycles. The number of nitriles is 1. The van der Waals surface area contributed by atoms with Crippen molar-refractivity contribution in [2.45, 2.75) is 6.61 Å². The molecule has 1 heterocycles. The normalized spacial score (nSPS) is 10.5. The van der Waals surface area contributed by atoms with E-state index in [4.69, 9.17) is 9.15 Å². The molecule has 0 aliphatic heterocycles. The lowest BCUT2D eigenvalue weighted by Crippen LogP contribution is -2.00. The molecule has 0 atom stereocenters. The molecule has 27 heavy (non-hydrogen) atoms. The zero-order chi connectivity index (χ0) is 18.6. The van der Waals surface area contributed by atoms with Crippen LogP contribution < -0.4 is 10.4 Å². The van der Waals surface area contributed by atoms with Gasteiger partial charge in [-0.3, -0.25) is 0 Å². The molecule has 130 valence electrons. The van der Waals surface area contributed by atoms with Crippen LogP contribution in [0, 0.1) is 11.3 Å². The van der Waals surface area contributed by atoms with Crippen molar-refractivity contribution in [3.63, 3.8) is 0 Å². The number of nitrogens with zero attached hydrogens (tertiary/aromatic N) is 1. The third-order valence-corrected chi connectivity index (χ3v) is 4.33. The van der Waals surface area contributed by atoms with Gasteiger partial charge >= 0.3 is 5.63 Å². The highest BCUT2D eigenvalue weighted by molar-refractivity contribution is 5.93. The molecule has 0 bridgehead atoms. The van der Waals surface area contributed by atoms with Crippen molar-refractivity contribution in [3.8, 4) is 22.9 Å².